The summed E-state index contributed by atoms with van der Waals surface area (Å²) >= 11 is 0. The average molecular weight is 564 g/mol. The number of ether oxygens (including phenoxy) is 1. The van der Waals surface area contributed by atoms with Gasteiger partial charge in [-0.2, -0.15) is 4.31 Å². The first-order valence-corrected chi connectivity index (χ1v) is 14.8. The van der Waals surface area contributed by atoms with Crippen LogP contribution in [0.4, 0.5) is 15.8 Å². The molecule has 38 heavy (non-hydrogen) atoms. The molecule has 0 saturated heterocycles. The number of carbonyl (C=O) groups is 1. The predicted molar refractivity (Wildman–Crippen MR) is 144 cm³/mol. The smallest absolute Gasteiger partial charge is 0.264 e. The van der Waals surface area contributed by atoms with Gasteiger partial charge in [-0.15, -0.1) is 0 Å². The lowest BCUT2D eigenvalue weighted by Gasteiger charge is -2.24. The molecule has 0 saturated carbocycles. The minimum absolute atomic E-state index is 0.0779. The summed E-state index contributed by atoms with van der Waals surface area (Å²) in [6.45, 7) is 5.77. The third-order valence-corrected chi connectivity index (χ3v) is 9.46. The first kappa shape index (κ1) is 29.1. The van der Waals surface area contributed by atoms with E-state index < -0.39 is 38.3 Å². The van der Waals surface area contributed by atoms with E-state index in [-0.39, 0.29) is 15.5 Å². The van der Waals surface area contributed by atoms with Crippen LogP contribution in [0.2, 0.25) is 0 Å². The van der Waals surface area contributed by atoms with Crippen LogP contribution in [0, 0.1) is 5.82 Å². The number of hydrogen-bond donors (Lipinski definition) is 1. The number of amides is 1. The summed E-state index contributed by atoms with van der Waals surface area (Å²) in [5, 5.41) is 2.60. The van der Waals surface area contributed by atoms with E-state index in [9.17, 15) is 26.0 Å². The van der Waals surface area contributed by atoms with Gasteiger partial charge in [0.1, 0.15) is 18.1 Å². The van der Waals surface area contributed by atoms with Crippen molar-refractivity contribution >= 4 is 37.3 Å². The van der Waals surface area contributed by atoms with Gasteiger partial charge in [0, 0.05) is 18.8 Å². The SMILES string of the molecule is CCOc1ccc(N(CC(=O)Nc2ccc(S(=O)(=O)N(CC)CC)cc2)S(=O)(=O)c2ccc(F)cc2)cc1. The standard InChI is InChI=1S/C26H30FN3O6S2/c1-4-29(5-2)37(32,33)24-17-9-21(10-18-24)28-26(31)19-30(22-11-13-23(14-12-22)36-6-3)38(34,35)25-15-7-20(27)8-16-25/h7-18H,4-6,19H2,1-3H3,(H,28,31). The number of benzene rings is 3. The van der Waals surface area contributed by atoms with Crippen molar-refractivity contribution in [3.05, 3.63) is 78.6 Å². The molecule has 9 nitrogen and oxygen atoms in total. The topological polar surface area (TPSA) is 113 Å². The summed E-state index contributed by atoms with van der Waals surface area (Å²) in [5.74, 6) is -0.732. The van der Waals surface area contributed by atoms with Crippen molar-refractivity contribution in [3.8, 4) is 5.75 Å². The summed E-state index contributed by atoms with van der Waals surface area (Å²) in [6, 6.07) is 16.1. The molecule has 12 heteroatoms. The first-order chi connectivity index (χ1) is 18.0. The van der Waals surface area contributed by atoms with Crippen LogP contribution in [0.1, 0.15) is 20.8 Å². The minimum Gasteiger partial charge on any atom is -0.494 e. The van der Waals surface area contributed by atoms with Gasteiger partial charge >= 0.3 is 0 Å². The molecule has 0 heterocycles. The summed E-state index contributed by atoms with van der Waals surface area (Å²) in [7, 11) is -7.91. The van der Waals surface area contributed by atoms with Crippen LogP contribution in [-0.4, -0.2) is 53.3 Å². The van der Waals surface area contributed by atoms with Crippen molar-refractivity contribution in [1.29, 1.82) is 0 Å². The Balaban J connectivity index is 1.86. The normalized spacial score (nSPS) is 11.8. The number of halogens is 1. The van der Waals surface area contributed by atoms with Crippen LogP contribution in [0.3, 0.4) is 0 Å². The van der Waals surface area contributed by atoms with E-state index in [4.69, 9.17) is 4.74 Å². The number of hydrogen-bond acceptors (Lipinski definition) is 6. The monoisotopic (exact) mass is 563 g/mol. The Kier molecular flexibility index (Phi) is 9.47. The number of rotatable bonds is 12. The molecule has 0 bridgehead atoms. The summed E-state index contributed by atoms with van der Waals surface area (Å²) < 4.78 is 73.3. The second kappa shape index (κ2) is 12.4. The van der Waals surface area contributed by atoms with E-state index in [1.807, 2.05) is 6.92 Å². The van der Waals surface area contributed by atoms with E-state index in [0.29, 0.717) is 31.1 Å². The lowest BCUT2D eigenvalue weighted by molar-refractivity contribution is -0.114. The van der Waals surface area contributed by atoms with Crippen LogP contribution in [0.25, 0.3) is 0 Å². The molecular weight excluding hydrogens is 533 g/mol. The summed E-state index contributed by atoms with van der Waals surface area (Å²) in [6.07, 6.45) is 0. The van der Waals surface area contributed by atoms with Crippen molar-refractivity contribution in [3.63, 3.8) is 0 Å². The Morgan fingerprint density at radius 2 is 1.32 bits per heavy atom. The van der Waals surface area contributed by atoms with Gasteiger partial charge in [-0.25, -0.2) is 21.2 Å². The van der Waals surface area contributed by atoms with E-state index in [1.54, 1.807) is 26.0 Å². The molecule has 1 N–H and O–H groups in total. The molecule has 0 aliphatic rings. The Hall–Kier alpha value is -3.48. The van der Waals surface area contributed by atoms with Gasteiger partial charge in [0.2, 0.25) is 15.9 Å². The van der Waals surface area contributed by atoms with Crippen LogP contribution >= 0.6 is 0 Å². The minimum atomic E-state index is -4.24. The van der Waals surface area contributed by atoms with Crippen molar-refractivity contribution in [2.75, 3.05) is 35.9 Å². The molecule has 0 atom stereocenters. The third-order valence-electron chi connectivity index (χ3n) is 5.61. The van der Waals surface area contributed by atoms with Crippen LogP contribution in [-0.2, 0) is 24.8 Å². The van der Waals surface area contributed by atoms with Gasteiger partial charge in [0.15, 0.2) is 0 Å². The highest BCUT2D eigenvalue weighted by Gasteiger charge is 2.28. The van der Waals surface area contributed by atoms with Gasteiger partial charge in [0.05, 0.1) is 22.1 Å². The second-order valence-electron chi connectivity index (χ2n) is 8.05. The maximum absolute atomic E-state index is 13.4. The van der Waals surface area contributed by atoms with E-state index >= 15 is 0 Å². The van der Waals surface area contributed by atoms with E-state index in [2.05, 4.69) is 5.32 Å². The average Bonchev–Trinajstić information content (AvgIpc) is 2.89. The second-order valence-corrected chi connectivity index (χ2v) is 11.9. The van der Waals surface area contributed by atoms with Crippen LogP contribution < -0.4 is 14.4 Å². The molecule has 0 aromatic heterocycles. The Morgan fingerprint density at radius 3 is 1.84 bits per heavy atom. The zero-order valence-corrected chi connectivity index (χ0v) is 22.9. The highest BCUT2D eigenvalue weighted by atomic mass is 32.2. The fourth-order valence-corrected chi connectivity index (χ4v) is 6.56. The van der Waals surface area contributed by atoms with Gasteiger partial charge in [-0.3, -0.25) is 9.10 Å². The van der Waals surface area contributed by atoms with Crippen molar-refractivity contribution in [2.24, 2.45) is 0 Å². The maximum atomic E-state index is 13.4. The molecule has 204 valence electrons. The highest BCUT2D eigenvalue weighted by Crippen LogP contribution is 2.26. The number of sulfonamides is 2. The molecule has 3 aromatic carbocycles. The summed E-state index contributed by atoms with van der Waals surface area (Å²) in [5.41, 5.74) is 0.493. The van der Waals surface area contributed by atoms with Crippen LogP contribution in [0.5, 0.6) is 5.75 Å². The number of nitrogens with one attached hydrogen (secondary N) is 1. The largest absolute Gasteiger partial charge is 0.494 e. The zero-order chi connectivity index (χ0) is 27.9. The molecule has 0 aliphatic carbocycles. The molecule has 3 rings (SSSR count). The molecule has 1 amide bonds. The Morgan fingerprint density at radius 1 is 0.789 bits per heavy atom. The summed E-state index contributed by atoms with van der Waals surface area (Å²) in [4.78, 5) is 12.8. The Bertz CT molecular complexity index is 1440. The predicted octanol–water partition coefficient (Wildman–Crippen LogP) is 4.09. The van der Waals surface area contributed by atoms with Crippen molar-refractivity contribution < 1.29 is 30.8 Å². The lowest BCUT2D eigenvalue weighted by atomic mass is 10.3. The van der Waals surface area contributed by atoms with Crippen molar-refractivity contribution in [2.45, 2.75) is 30.6 Å². The quantitative estimate of drug-likeness (QED) is 0.355. The fourth-order valence-electron chi connectivity index (χ4n) is 3.68. The van der Waals surface area contributed by atoms with Crippen LogP contribution in [0.15, 0.2) is 82.6 Å². The van der Waals surface area contributed by atoms with Gasteiger partial charge in [-0.05, 0) is 79.7 Å². The number of nitrogens with zero attached hydrogens (tertiary/aromatic N) is 2. The van der Waals surface area contributed by atoms with Crippen molar-refractivity contribution in [1.82, 2.24) is 4.31 Å². The molecule has 0 unspecified atom stereocenters. The fraction of sp³-hybridized carbons (Fsp3) is 0.269. The van der Waals surface area contributed by atoms with E-state index in [0.717, 1.165) is 28.6 Å². The number of anilines is 2. The molecule has 0 fully saturated rings. The zero-order valence-electron chi connectivity index (χ0n) is 21.3. The Labute approximate surface area is 222 Å². The first-order valence-electron chi connectivity index (χ1n) is 11.9. The maximum Gasteiger partial charge on any atom is 0.264 e. The van der Waals surface area contributed by atoms with E-state index in [1.165, 1.54) is 40.7 Å². The molecular formula is C26H30FN3O6S2. The molecule has 0 spiro atoms. The van der Waals surface area contributed by atoms with Gasteiger partial charge in [-0.1, -0.05) is 13.8 Å². The molecule has 0 aliphatic heterocycles. The lowest BCUT2D eigenvalue weighted by Crippen LogP contribution is -2.38. The van der Waals surface area contributed by atoms with Gasteiger partial charge < -0.3 is 10.1 Å². The molecule has 0 radical (unpaired) electrons. The molecule has 3 aromatic rings. The number of carbonyl (C=O) groups excluding carboxylic acids is 1. The highest BCUT2D eigenvalue weighted by molar-refractivity contribution is 7.92. The van der Waals surface area contributed by atoms with Gasteiger partial charge in [0.25, 0.3) is 10.0 Å². The third kappa shape index (κ3) is 6.69.